The van der Waals surface area contributed by atoms with Crippen molar-refractivity contribution in [1.82, 2.24) is 5.32 Å². The van der Waals surface area contributed by atoms with Crippen molar-refractivity contribution in [3.8, 4) is 11.8 Å². The molecule has 0 heterocycles. The summed E-state index contributed by atoms with van der Waals surface area (Å²) in [5, 5.41) is 2.87. The molecule has 0 saturated heterocycles. The molecule has 0 unspecified atom stereocenters. The number of rotatable bonds is 2. The largest absolute Gasteiger partial charge is 0.417 e. The van der Waals surface area contributed by atoms with Crippen LogP contribution in [0, 0.1) is 11.8 Å². The van der Waals surface area contributed by atoms with E-state index in [9.17, 15) is 13.2 Å². The van der Waals surface area contributed by atoms with Crippen molar-refractivity contribution < 1.29 is 13.2 Å². The Bertz CT molecular complexity index is 399. The predicted octanol–water partition coefficient (Wildman–Crippen LogP) is 2.67. The Morgan fingerprint density at radius 1 is 1.25 bits per heavy atom. The second kappa shape index (κ2) is 5.57. The van der Waals surface area contributed by atoms with E-state index in [0.29, 0.717) is 13.0 Å². The molecule has 0 aliphatic carbocycles. The summed E-state index contributed by atoms with van der Waals surface area (Å²) in [5.74, 6) is 5.25. The maximum absolute atomic E-state index is 12.5. The summed E-state index contributed by atoms with van der Waals surface area (Å²) < 4.78 is 37.6. The second-order valence-corrected chi connectivity index (χ2v) is 3.20. The number of nitrogens with one attached hydrogen (secondary N) is 1. The van der Waals surface area contributed by atoms with Crippen LogP contribution in [0.3, 0.4) is 0 Å². The molecule has 0 bridgehead atoms. The number of benzene rings is 1. The Morgan fingerprint density at radius 2 is 1.94 bits per heavy atom. The zero-order chi connectivity index (χ0) is 12.0. The molecule has 0 spiro atoms. The smallest absolute Gasteiger partial charge is 0.319 e. The highest BCUT2D eigenvalue weighted by atomic mass is 19.4. The zero-order valence-corrected chi connectivity index (χ0v) is 8.86. The molecule has 0 atom stereocenters. The van der Waals surface area contributed by atoms with Crippen LogP contribution < -0.4 is 5.32 Å². The summed E-state index contributed by atoms with van der Waals surface area (Å²) in [7, 11) is 1.77. The molecule has 0 saturated carbocycles. The predicted molar refractivity (Wildman–Crippen MR) is 56.9 cm³/mol. The van der Waals surface area contributed by atoms with Crippen molar-refractivity contribution in [2.75, 3.05) is 13.6 Å². The first-order chi connectivity index (χ1) is 7.55. The maximum atomic E-state index is 12.5. The van der Waals surface area contributed by atoms with Crippen LogP contribution in [0.1, 0.15) is 17.5 Å². The molecular weight excluding hydrogens is 215 g/mol. The Hall–Kier alpha value is -1.47. The third-order valence-corrected chi connectivity index (χ3v) is 1.96. The van der Waals surface area contributed by atoms with Gasteiger partial charge in [0, 0.05) is 18.5 Å². The van der Waals surface area contributed by atoms with Crippen LogP contribution in [0.4, 0.5) is 13.2 Å². The Labute approximate surface area is 92.7 Å². The fraction of sp³-hybridized carbons (Fsp3) is 0.333. The lowest BCUT2D eigenvalue weighted by atomic mass is 10.1. The summed E-state index contributed by atoms with van der Waals surface area (Å²) in [5.41, 5.74) is -0.641. The molecule has 1 rings (SSSR count). The Kier molecular flexibility index (Phi) is 4.39. The first kappa shape index (κ1) is 12.6. The lowest BCUT2D eigenvalue weighted by Crippen LogP contribution is -2.07. The van der Waals surface area contributed by atoms with Crippen molar-refractivity contribution in [2.45, 2.75) is 12.6 Å². The van der Waals surface area contributed by atoms with E-state index in [0.717, 1.165) is 6.07 Å². The molecule has 0 amide bonds. The molecule has 16 heavy (non-hydrogen) atoms. The first-order valence-corrected chi connectivity index (χ1v) is 4.85. The Morgan fingerprint density at radius 3 is 2.56 bits per heavy atom. The summed E-state index contributed by atoms with van der Waals surface area (Å²) in [6.45, 7) is 0.668. The molecule has 1 N–H and O–H groups in total. The highest BCUT2D eigenvalue weighted by Crippen LogP contribution is 2.31. The van der Waals surface area contributed by atoms with Crippen LogP contribution in [0.5, 0.6) is 0 Å². The highest BCUT2D eigenvalue weighted by molar-refractivity contribution is 5.42. The fourth-order valence-electron chi connectivity index (χ4n) is 1.18. The van der Waals surface area contributed by atoms with E-state index in [1.165, 1.54) is 12.1 Å². The highest BCUT2D eigenvalue weighted by Gasteiger charge is 2.32. The molecule has 0 fully saturated rings. The summed E-state index contributed by atoms with van der Waals surface area (Å²) >= 11 is 0. The number of hydrogen-bond acceptors (Lipinski definition) is 1. The molecule has 0 aliphatic heterocycles. The van der Waals surface area contributed by atoms with E-state index in [2.05, 4.69) is 17.2 Å². The molecule has 4 heteroatoms. The molecule has 1 nitrogen and oxygen atoms in total. The van der Waals surface area contributed by atoms with Crippen molar-refractivity contribution in [1.29, 1.82) is 0 Å². The van der Waals surface area contributed by atoms with Crippen LogP contribution in [0.25, 0.3) is 0 Å². The zero-order valence-electron chi connectivity index (χ0n) is 8.86. The van der Waals surface area contributed by atoms with Gasteiger partial charge in [0.15, 0.2) is 0 Å². The SMILES string of the molecule is CNCCC#Cc1ccccc1C(F)(F)F. The van der Waals surface area contributed by atoms with Crippen LogP contribution in [0.15, 0.2) is 24.3 Å². The van der Waals surface area contributed by atoms with Crippen molar-refractivity contribution in [2.24, 2.45) is 0 Å². The van der Waals surface area contributed by atoms with E-state index in [-0.39, 0.29) is 5.56 Å². The van der Waals surface area contributed by atoms with Gasteiger partial charge in [0.25, 0.3) is 0 Å². The van der Waals surface area contributed by atoms with Gasteiger partial charge in [-0.3, -0.25) is 0 Å². The molecule has 0 aliphatic rings. The lowest BCUT2D eigenvalue weighted by Gasteiger charge is -2.07. The topological polar surface area (TPSA) is 12.0 Å². The standard InChI is InChI=1S/C12H12F3N/c1-16-9-5-4-7-10-6-2-3-8-11(10)12(13,14)15/h2-3,6,8,16H,5,9H2,1H3. The number of halogens is 3. The van der Waals surface area contributed by atoms with Crippen LogP contribution in [0.2, 0.25) is 0 Å². The molecule has 1 aromatic carbocycles. The van der Waals surface area contributed by atoms with Gasteiger partial charge in [-0.25, -0.2) is 0 Å². The minimum atomic E-state index is -4.34. The second-order valence-electron chi connectivity index (χ2n) is 3.20. The van der Waals surface area contributed by atoms with Gasteiger partial charge < -0.3 is 5.32 Å². The van der Waals surface area contributed by atoms with E-state index in [1.54, 1.807) is 13.1 Å². The normalized spacial score (nSPS) is 10.8. The van der Waals surface area contributed by atoms with Gasteiger partial charge in [-0.2, -0.15) is 13.2 Å². The van der Waals surface area contributed by atoms with Crippen molar-refractivity contribution >= 4 is 0 Å². The first-order valence-electron chi connectivity index (χ1n) is 4.85. The van der Waals surface area contributed by atoms with Crippen molar-refractivity contribution in [3.63, 3.8) is 0 Å². The van der Waals surface area contributed by atoms with E-state index in [4.69, 9.17) is 0 Å². The monoisotopic (exact) mass is 227 g/mol. The Balaban J connectivity index is 2.90. The minimum absolute atomic E-state index is 0.0334. The molecule has 0 aromatic heterocycles. The van der Waals surface area contributed by atoms with Gasteiger partial charge in [-0.05, 0) is 19.2 Å². The van der Waals surface area contributed by atoms with Gasteiger partial charge in [-0.1, -0.05) is 24.0 Å². The van der Waals surface area contributed by atoms with E-state index in [1.807, 2.05) is 0 Å². The average Bonchev–Trinajstić information content (AvgIpc) is 2.24. The van der Waals surface area contributed by atoms with E-state index < -0.39 is 11.7 Å². The molecule has 0 radical (unpaired) electrons. The average molecular weight is 227 g/mol. The molecule has 1 aromatic rings. The van der Waals surface area contributed by atoms with Gasteiger partial charge in [0.05, 0.1) is 5.56 Å². The summed E-state index contributed by atoms with van der Waals surface area (Å²) in [6, 6.07) is 5.34. The van der Waals surface area contributed by atoms with Gasteiger partial charge in [-0.15, -0.1) is 0 Å². The fourth-order valence-corrected chi connectivity index (χ4v) is 1.18. The number of alkyl halides is 3. The third-order valence-electron chi connectivity index (χ3n) is 1.96. The van der Waals surface area contributed by atoms with Gasteiger partial charge in [0.2, 0.25) is 0 Å². The number of hydrogen-bond donors (Lipinski definition) is 1. The van der Waals surface area contributed by atoms with Gasteiger partial charge in [0.1, 0.15) is 0 Å². The minimum Gasteiger partial charge on any atom is -0.319 e. The van der Waals surface area contributed by atoms with Crippen LogP contribution in [-0.2, 0) is 6.18 Å². The van der Waals surface area contributed by atoms with E-state index >= 15 is 0 Å². The molecular formula is C12H12F3N. The maximum Gasteiger partial charge on any atom is 0.417 e. The van der Waals surface area contributed by atoms with Crippen LogP contribution >= 0.6 is 0 Å². The van der Waals surface area contributed by atoms with Crippen LogP contribution in [-0.4, -0.2) is 13.6 Å². The third kappa shape index (κ3) is 3.59. The molecule has 86 valence electrons. The van der Waals surface area contributed by atoms with Gasteiger partial charge >= 0.3 is 6.18 Å². The lowest BCUT2D eigenvalue weighted by molar-refractivity contribution is -0.137. The quantitative estimate of drug-likeness (QED) is 0.605. The summed E-state index contributed by atoms with van der Waals surface area (Å²) in [4.78, 5) is 0. The summed E-state index contributed by atoms with van der Waals surface area (Å²) in [6.07, 6.45) is -3.81. The van der Waals surface area contributed by atoms with Crippen molar-refractivity contribution in [3.05, 3.63) is 35.4 Å².